The first-order valence-electron chi connectivity index (χ1n) is 9.24. The lowest BCUT2D eigenvalue weighted by Gasteiger charge is -2.34. The van der Waals surface area contributed by atoms with Gasteiger partial charge < -0.3 is 10.1 Å². The van der Waals surface area contributed by atoms with Crippen molar-refractivity contribution in [3.05, 3.63) is 66.0 Å². The molecule has 1 saturated heterocycles. The van der Waals surface area contributed by atoms with Gasteiger partial charge in [0.1, 0.15) is 5.82 Å². The van der Waals surface area contributed by atoms with Crippen molar-refractivity contribution < 1.29 is 22.3 Å². The molecule has 1 aliphatic rings. The Hall–Kier alpha value is -2.55. The molecule has 0 spiro atoms. The van der Waals surface area contributed by atoms with Crippen LogP contribution in [-0.2, 0) is 19.6 Å². The third kappa shape index (κ3) is 5.50. The summed E-state index contributed by atoms with van der Waals surface area (Å²) in [5.41, 5.74) is 1.17. The van der Waals surface area contributed by atoms with E-state index in [0.717, 1.165) is 0 Å². The van der Waals surface area contributed by atoms with Crippen LogP contribution in [-0.4, -0.2) is 43.9 Å². The van der Waals surface area contributed by atoms with Crippen molar-refractivity contribution in [2.75, 3.05) is 18.4 Å². The van der Waals surface area contributed by atoms with Crippen LogP contribution in [0.25, 0.3) is 6.08 Å². The highest BCUT2D eigenvalue weighted by atomic mass is 32.2. The van der Waals surface area contributed by atoms with Gasteiger partial charge in [-0.1, -0.05) is 12.1 Å². The number of rotatable bonds is 5. The van der Waals surface area contributed by atoms with Crippen LogP contribution in [0, 0.1) is 5.82 Å². The van der Waals surface area contributed by atoms with Gasteiger partial charge in [-0.05, 0) is 61.9 Å². The molecule has 1 fully saturated rings. The lowest BCUT2D eigenvalue weighted by molar-refractivity contribution is -0.111. The van der Waals surface area contributed by atoms with Gasteiger partial charge in [-0.15, -0.1) is 0 Å². The molecule has 8 heteroatoms. The van der Waals surface area contributed by atoms with E-state index in [9.17, 15) is 17.6 Å². The van der Waals surface area contributed by atoms with Crippen molar-refractivity contribution in [2.45, 2.75) is 31.0 Å². The minimum Gasteiger partial charge on any atom is -0.373 e. The number of nitrogens with zero attached hydrogens (tertiary/aromatic N) is 1. The minimum atomic E-state index is -3.63. The summed E-state index contributed by atoms with van der Waals surface area (Å²) in [5.74, 6) is -0.719. The van der Waals surface area contributed by atoms with Gasteiger partial charge >= 0.3 is 0 Å². The summed E-state index contributed by atoms with van der Waals surface area (Å²) in [6.45, 7) is 4.30. The molecule has 2 aromatic rings. The van der Waals surface area contributed by atoms with Crippen LogP contribution in [0.4, 0.5) is 10.1 Å². The molecule has 29 heavy (non-hydrogen) atoms. The van der Waals surface area contributed by atoms with Crippen molar-refractivity contribution in [1.82, 2.24) is 4.31 Å². The van der Waals surface area contributed by atoms with E-state index in [-0.39, 0.29) is 28.8 Å². The summed E-state index contributed by atoms with van der Waals surface area (Å²) >= 11 is 0. The Morgan fingerprint density at radius 3 is 2.24 bits per heavy atom. The highest BCUT2D eigenvalue weighted by molar-refractivity contribution is 7.89. The van der Waals surface area contributed by atoms with E-state index in [1.165, 1.54) is 34.6 Å². The van der Waals surface area contributed by atoms with Gasteiger partial charge in [0.25, 0.3) is 0 Å². The fourth-order valence-corrected chi connectivity index (χ4v) is 4.71. The Balaban J connectivity index is 1.65. The second kappa shape index (κ2) is 8.86. The summed E-state index contributed by atoms with van der Waals surface area (Å²) in [6, 6.07) is 11.8. The van der Waals surface area contributed by atoms with E-state index < -0.39 is 10.0 Å². The zero-order valence-electron chi connectivity index (χ0n) is 16.2. The van der Waals surface area contributed by atoms with Crippen LogP contribution in [0.2, 0.25) is 0 Å². The quantitative estimate of drug-likeness (QED) is 0.756. The number of ether oxygens (including phenoxy) is 1. The Kier molecular flexibility index (Phi) is 6.46. The number of carbonyl (C=O) groups excluding carboxylic acids is 1. The van der Waals surface area contributed by atoms with Crippen molar-refractivity contribution >= 4 is 27.7 Å². The Morgan fingerprint density at radius 2 is 1.66 bits per heavy atom. The largest absolute Gasteiger partial charge is 0.373 e. The molecule has 0 aromatic heterocycles. The maximum atomic E-state index is 12.9. The number of carbonyl (C=O) groups is 1. The summed E-state index contributed by atoms with van der Waals surface area (Å²) < 4.78 is 45.6. The van der Waals surface area contributed by atoms with Crippen LogP contribution in [0.1, 0.15) is 19.4 Å². The molecule has 1 aliphatic heterocycles. The second-order valence-electron chi connectivity index (χ2n) is 6.98. The first kappa shape index (κ1) is 21.2. The molecule has 2 atom stereocenters. The van der Waals surface area contributed by atoms with Crippen LogP contribution >= 0.6 is 0 Å². The average molecular weight is 418 g/mol. The third-order valence-electron chi connectivity index (χ3n) is 4.44. The molecule has 0 bridgehead atoms. The fourth-order valence-electron chi connectivity index (χ4n) is 3.12. The number of halogens is 1. The number of hydrogen-bond donors (Lipinski definition) is 1. The predicted octanol–water partition coefficient (Wildman–Crippen LogP) is 3.28. The molecule has 154 valence electrons. The molecule has 2 unspecified atom stereocenters. The lowest BCUT2D eigenvalue weighted by Crippen LogP contribution is -2.48. The first-order chi connectivity index (χ1) is 13.7. The topological polar surface area (TPSA) is 75.7 Å². The van der Waals surface area contributed by atoms with Crippen LogP contribution in [0.3, 0.4) is 0 Å². The number of amides is 1. The highest BCUT2D eigenvalue weighted by Crippen LogP contribution is 2.22. The molecule has 0 aliphatic carbocycles. The number of anilines is 1. The predicted molar refractivity (Wildman–Crippen MR) is 109 cm³/mol. The molecule has 0 saturated carbocycles. The second-order valence-corrected chi connectivity index (χ2v) is 8.92. The molecule has 1 N–H and O–H groups in total. The Labute approximate surface area is 170 Å². The number of benzene rings is 2. The van der Waals surface area contributed by atoms with Crippen molar-refractivity contribution in [1.29, 1.82) is 0 Å². The SMILES string of the molecule is CC1CN(S(=O)(=O)c2ccc(NC(=O)C=Cc3ccc(F)cc3)cc2)CC(C)O1. The zero-order valence-corrected chi connectivity index (χ0v) is 17.0. The molecule has 6 nitrogen and oxygen atoms in total. The van der Waals surface area contributed by atoms with E-state index in [0.29, 0.717) is 24.3 Å². The number of sulfonamides is 1. The van der Waals surface area contributed by atoms with Crippen LogP contribution < -0.4 is 5.32 Å². The molecular formula is C21H23FN2O4S. The van der Waals surface area contributed by atoms with E-state index >= 15 is 0 Å². The average Bonchev–Trinajstić information content (AvgIpc) is 2.67. The number of hydrogen-bond acceptors (Lipinski definition) is 4. The van der Waals surface area contributed by atoms with Gasteiger partial charge in [0.2, 0.25) is 15.9 Å². The molecule has 3 rings (SSSR count). The van der Waals surface area contributed by atoms with Gasteiger partial charge in [-0.2, -0.15) is 4.31 Å². The third-order valence-corrected chi connectivity index (χ3v) is 6.29. The van der Waals surface area contributed by atoms with Crippen LogP contribution in [0.15, 0.2) is 59.5 Å². The Morgan fingerprint density at radius 1 is 1.07 bits per heavy atom. The van der Waals surface area contributed by atoms with Crippen molar-refractivity contribution in [3.8, 4) is 0 Å². The van der Waals surface area contributed by atoms with Gasteiger partial charge in [-0.25, -0.2) is 12.8 Å². The summed E-state index contributed by atoms with van der Waals surface area (Å²) in [6.07, 6.45) is 2.56. The molecular weight excluding hydrogens is 395 g/mol. The van der Waals surface area contributed by atoms with Crippen molar-refractivity contribution in [2.24, 2.45) is 0 Å². The number of nitrogens with one attached hydrogen (secondary N) is 1. The molecule has 2 aromatic carbocycles. The standard InChI is InChI=1S/C21H23FN2O4S/c1-15-13-24(14-16(2)28-15)29(26,27)20-10-8-19(9-11-20)23-21(25)12-5-17-3-6-18(22)7-4-17/h3-12,15-16H,13-14H2,1-2H3,(H,23,25). The van der Waals surface area contributed by atoms with E-state index in [4.69, 9.17) is 4.74 Å². The van der Waals surface area contributed by atoms with E-state index in [1.54, 1.807) is 30.3 Å². The minimum absolute atomic E-state index is 0.165. The fraction of sp³-hybridized carbons (Fsp3) is 0.286. The van der Waals surface area contributed by atoms with Gasteiger partial charge in [-0.3, -0.25) is 4.79 Å². The van der Waals surface area contributed by atoms with Gasteiger partial charge in [0, 0.05) is 24.9 Å². The van der Waals surface area contributed by atoms with Crippen LogP contribution in [0.5, 0.6) is 0 Å². The number of morpholine rings is 1. The molecule has 1 amide bonds. The van der Waals surface area contributed by atoms with Gasteiger partial charge in [0.15, 0.2) is 0 Å². The Bertz CT molecular complexity index is 978. The highest BCUT2D eigenvalue weighted by Gasteiger charge is 2.32. The van der Waals surface area contributed by atoms with Gasteiger partial charge in [0.05, 0.1) is 17.1 Å². The monoisotopic (exact) mass is 418 g/mol. The van der Waals surface area contributed by atoms with Crippen molar-refractivity contribution in [3.63, 3.8) is 0 Å². The normalized spacial score (nSPS) is 20.7. The smallest absolute Gasteiger partial charge is 0.248 e. The van der Waals surface area contributed by atoms with E-state index in [2.05, 4.69) is 5.32 Å². The summed E-state index contributed by atoms with van der Waals surface area (Å²) in [4.78, 5) is 12.2. The summed E-state index contributed by atoms with van der Waals surface area (Å²) in [7, 11) is -3.63. The van der Waals surface area contributed by atoms with E-state index in [1.807, 2.05) is 13.8 Å². The molecule has 0 radical (unpaired) electrons. The molecule has 1 heterocycles. The lowest BCUT2D eigenvalue weighted by atomic mass is 10.2. The first-order valence-corrected chi connectivity index (χ1v) is 10.7. The zero-order chi connectivity index (χ0) is 21.0. The maximum absolute atomic E-state index is 12.9. The summed E-state index contributed by atoms with van der Waals surface area (Å²) in [5, 5.41) is 2.67. The maximum Gasteiger partial charge on any atom is 0.248 e.